The summed E-state index contributed by atoms with van der Waals surface area (Å²) < 4.78 is 13.8. The molecule has 4 aromatic rings. The first-order valence-electron chi connectivity index (χ1n) is 11.2. The number of aromatic amines is 1. The van der Waals surface area contributed by atoms with Crippen molar-refractivity contribution in [3.63, 3.8) is 0 Å². The van der Waals surface area contributed by atoms with E-state index < -0.39 is 0 Å². The lowest BCUT2D eigenvalue weighted by Crippen LogP contribution is -1.96. The first-order chi connectivity index (χ1) is 17.0. The van der Waals surface area contributed by atoms with Gasteiger partial charge in [-0.1, -0.05) is 66.2 Å². The molecule has 0 unspecified atom stereocenters. The Kier molecular flexibility index (Phi) is 6.57. The molecule has 0 aliphatic carbocycles. The van der Waals surface area contributed by atoms with Gasteiger partial charge < -0.3 is 4.84 Å². The number of allylic oxidation sites excluding steroid dienone is 2. The topological polar surface area (TPSA) is 50.3 Å². The van der Waals surface area contributed by atoms with Crippen LogP contribution in [0.4, 0.5) is 4.39 Å². The van der Waals surface area contributed by atoms with Crippen LogP contribution in [0.3, 0.4) is 0 Å². The van der Waals surface area contributed by atoms with Crippen LogP contribution in [0.5, 0.6) is 0 Å². The molecule has 0 radical (unpaired) electrons. The SMILES string of the molecule is CC/C(=C(/c1ccc(/C=C/C2=NOC(=S)C2)cc1)c1ccc2[nH]ncc2c1)c1ccc(F)cc1Cl. The number of halogens is 2. The second kappa shape index (κ2) is 9.94. The van der Waals surface area contributed by atoms with Crippen LogP contribution in [-0.4, -0.2) is 21.0 Å². The normalized spacial score (nSPS) is 14.4. The highest BCUT2D eigenvalue weighted by molar-refractivity contribution is 7.80. The van der Waals surface area contributed by atoms with Crippen LogP contribution < -0.4 is 0 Å². The summed E-state index contributed by atoms with van der Waals surface area (Å²) in [4.78, 5) is 5.00. The molecule has 1 N–H and O–H groups in total. The smallest absolute Gasteiger partial charge is 0.204 e. The Balaban J connectivity index is 1.61. The Morgan fingerprint density at radius 3 is 2.60 bits per heavy atom. The van der Waals surface area contributed by atoms with Crippen molar-refractivity contribution >= 4 is 62.7 Å². The summed E-state index contributed by atoms with van der Waals surface area (Å²) in [6.45, 7) is 2.08. The molecule has 0 saturated heterocycles. The largest absolute Gasteiger partial charge is 0.349 e. The molecule has 1 aliphatic heterocycles. The van der Waals surface area contributed by atoms with Gasteiger partial charge in [0, 0.05) is 5.39 Å². The summed E-state index contributed by atoms with van der Waals surface area (Å²) in [6, 6.07) is 19.0. The molecular weight excluding hydrogens is 481 g/mol. The Morgan fingerprint density at radius 2 is 1.89 bits per heavy atom. The second-order valence-corrected chi connectivity index (χ2v) is 9.04. The quantitative estimate of drug-likeness (QED) is 0.216. The van der Waals surface area contributed by atoms with Crippen LogP contribution >= 0.6 is 23.8 Å². The van der Waals surface area contributed by atoms with Crippen molar-refractivity contribution in [3.8, 4) is 0 Å². The van der Waals surface area contributed by atoms with Crippen molar-refractivity contribution in [1.82, 2.24) is 10.2 Å². The summed E-state index contributed by atoms with van der Waals surface area (Å²) in [5, 5.41) is 13.0. The van der Waals surface area contributed by atoms with E-state index in [0.717, 1.165) is 50.0 Å². The number of thiocarbonyl (C=S) groups is 1. The zero-order valence-corrected chi connectivity index (χ0v) is 20.5. The highest BCUT2D eigenvalue weighted by atomic mass is 35.5. The number of H-pyrrole nitrogens is 1. The monoisotopic (exact) mass is 501 g/mol. The average Bonchev–Trinajstić information content (AvgIpc) is 3.50. The van der Waals surface area contributed by atoms with Gasteiger partial charge in [-0.3, -0.25) is 5.10 Å². The second-order valence-electron chi connectivity index (χ2n) is 8.18. The van der Waals surface area contributed by atoms with E-state index in [1.165, 1.54) is 12.1 Å². The van der Waals surface area contributed by atoms with Crippen molar-refractivity contribution in [2.24, 2.45) is 5.16 Å². The maximum Gasteiger partial charge on any atom is 0.204 e. The number of nitrogens with zero attached hydrogens (tertiary/aromatic N) is 2. The average molecular weight is 502 g/mol. The summed E-state index contributed by atoms with van der Waals surface area (Å²) in [5.41, 5.74) is 7.74. The van der Waals surface area contributed by atoms with Gasteiger partial charge in [0.2, 0.25) is 5.05 Å². The van der Waals surface area contributed by atoms with E-state index >= 15 is 0 Å². The standard InChI is InChI=1S/C28H21ClFN3OS/c1-2-23(24-11-9-21(30)14-25(24)29)28(19-8-12-26-20(13-19)16-31-32-26)18-6-3-17(4-7-18)5-10-22-15-27(35)34-33-22/h3-14,16H,2,15H2,1H3,(H,31,32)/b10-5+,28-23+. The summed E-state index contributed by atoms with van der Waals surface area (Å²) in [6.07, 6.45) is 6.96. The maximum atomic E-state index is 13.8. The fourth-order valence-corrected chi connectivity index (χ4v) is 4.68. The minimum atomic E-state index is -0.357. The van der Waals surface area contributed by atoms with Crippen LogP contribution in [-0.2, 0) is 4.84 Å². The summed E-state index contributed by atoms with van der Waals surface area (Å²) >= 11 is 11.5. The van der Waals surface area contributed by atoms with Gasteiger partial charge in [-0.05, 0) is 82.4 Å². The summed E-state index contributed by atoms with van der Waals surface area (Å²) in [5.74, 6) is -0.357. The molecule has 0 amide bonds. The third-order valence-electron chi connectivity index (χ3n) is 5.90. The maximum absolute atomic E-state index is 13.8. The molecule has 1 aromatic heterocycles. The predicted octanol–water partition coefficient (Wildman–Crippen LogP) is 7.84. The molecule has 3 aromatic carbocycles. The van der Waals surface area contributed by atoms with E-state index in [1.807, 2.05) is 24.4 Å². The van der Waals surface area contributed by atoms with E-state index in [0.29, 0.717) is 22.9 Å². The molecule has 0 bridgehead atoms. The fourth-order valence-electron chi connectivity index (χ4n) is 4.21. The molecule has 0 spiro atoms. The van der Waals surface area contributed by atoms with Crippen molar-refractivity contribution in [1.29, 1.82) is 0 Å². The minimum Gasteiger partial charge on any atom is -0.349 e. The van der Waals surface area contributed by atoms with E-state index in [1.54, 1.807) is 6.07 Å². The molecule has 0 fully saturated rings. The first kappa shape index (κ1) is 23.1. The Bertz CT molecular complexity index is 1520. The number of fused-ring (bicyclic) bond motifs is 1. The van der Waals surface area contributed by atoms with E-state index in [9.17, 15) is 4.39 Å². The lowest BCUT2D eigenvalue weighted by atomic mass is 9.87. The minimum absolute atomic E-state index is 0.357. The van der Waals surface area contributed by atoms with Crippen molar-refractivity contribution in [3.05, 3.63) is 106 Å². The van der Waals surface area contributed by atoms with Crippen LogP contribution in [0.15, 0.2) is 78.1 Å². The highest BCUT2D eigenvalue weighted by Gasteiger charge is 2.17. The number of benzene rings is 3. The van der Waals surface area contributed by atoms with Gasteiger partial charge in [0.15, 0.2) is 0 Å². The molecule has 35 heavy (non-hydrogen) atoms. The van der Waals surface area contributed by atoms with Gasteiger partial charge >= 0.3 is 0 Å². The predicted molar refractivity (Wildman–Crippen MR) is 145 cm³/mol. The van der Waals surface area contributed by atoms with Gasteiger partial charge in [0.1, 0.15) is 5.82 Å². The first-order valence-corrected chi connectivity index (χ1v) is 12.0. The van der Waals surface area contributed by atoms with Gasteiger partial charge in [-0.25, -0.2) is 4.39 Å². The van der Waals surface area contributed by atoms with Crippen molar-refractivity contribution in [2.75, 3.05) is 0 Å². The number of nitrogens with one attached hydrogen (secondary N) is 1. The van der Waals surface area contributed by atoms with Crippen molar-refractivity contribution in [2.45, 2.75) is 19.8 Å². The Labute approximate surface area is 212 Å². The molecule has 174 valence electrons. The molecule has 7 heteroatoms. The van der Waals surface area contributed by atoms with E-state index in [2.05, 4.69) is 58.7 Å². The molecule has 0 atom stereocenters. The summed E-state index contributed by atoms with van der Waals surface area (Å²) in [7, 11) is 0. The molecule has 5 rings (SSSR count). The number of oxime groups is 1. The Hall–Kier alpha value is -3.61. The van der Waals surface area contributed by atoms with Gasteiger partial charge in [0.25, 0.3) is 0 Å². The zero-order valence-electron chi connectivity index (χ0n) is 18.9. The van der Waals surface area contributed by atoms with Crippen LogP contribution in [0.2, 0.25) is 5.02 Å². The molecule has 1 aliphatic rings. The molecule has 2 heterocycles. The van der Waals surface area contributed by atoms with Crippen molar-refractivity contribution < 1.29 is 9.23 Å². The lowest BCUT2D eigenvalue weighted by Gasteiger charge is -2.18. The number of aromatic nitrogens is 2. The van der Waals surface area contributed by atoms with Crippen LogP contribution in [0.1, 0.15) is 42.0 Å². The third kappa shape index (κ3) is 4.94. The number of hydrogen-bond acceptors (Lipinski definition) is 4. The van der Waals surface area contributed by atoms with Crippen LogP contribution in [0.25, 0.3) is 28.1 Å². The zero-order chi connectivity index (χ0) is 24.4. The van der Waals surface area contributed by atoms with Gasteiger partial charge in [-0.15, -0.1) is 0 Å². The molecule has 4 nitrogen and oxygen atoms in total. The fraction of sp³-hybridized carbons (Fsp3) is 0.107. The number of rotatable bonds is 6. The third-order valence-corrected chi connectivity index (χ3v) is 6.43. The Morgan fingerprint density at radius 1 is 1.09 bits per heavy atom. The van der Waals surface area contributed by atoms with E-state index in [-0.39, 0.29) is 5.82 Å². The lowest BCUT2D eigenvalue weighted by molar-refractivity contribution is 0.348. The van der Waals surface area contributed by atoms with E-state index in [4.69, 9.17) is 28.7 Å². The highest BCUT2D eigenvalue weighted by Crippen LogP contribution is 2.38. The van der Waals surface area contributed by atoms with Gasteiger partial charge in [-0.2, -0.15) is 5.10 Å². The number of hydrogen-bond donors (Lipinski definition) is 1. The molecular formula is C28H21ClFN3OS. The molecule has 0 saturated carbocycles. The van der Waals surface area contributed by atoms with Crippen LogP contribution in [0, 0.1) is 5.82 Å². The van der Waals surface area contributed by atoms with Gasteiger partial charge in [0.05, 0.1) is 28.9 Å².